The van der Waals surface area contributed by atoms with Crippen molar-refractivity contribution in [1.82, 2.24) is 22.9 Å². The number of nitrogens with zero attached hydrogens (tertiary/aromatic N) is 5. The maximum Gasteiger partial charge on any atom is 0.157 e. The highest BCUT2D eigenvalue weighted by Crippen LogP contribution is 2.58. The van der Waals surface area contributed by atoms with Crippen LogP contribution in [0.1, 0.15) is 0 Å². The Morgan fingerprint density at radius 1 is 0.288 bits per heavy atom. The molecule has 0 radical (unpaired) electrons. The molecule has 73 heavy (non-hydrogen) atoms. The molecule has 0 atom stereocenters. The smallest absolute Gasteiger partial charge is 0.157 e. The average Bonchev–Trinajstić information content (AvgIpc) is 4.19. The second kappa shape index (κ2) is 15.2. The van der Waals surface area contributed by atoms with Gasteiger partial charge in [-0.3, -0.25) is 4.65 Å². The van der Waals surface area contributed by atoms with Crippen LogP contribution in [0.5, 0.6) is 0 Å². The van der Waals surface area contributed by atoms with Crippen LogP contribution < -0.4 is 4.65 Å². The molecular weight excluding hydrogens is 911 g/mol. The fourth-order valence-electron chi connectivity index (χ4n) is 12.4. The summed E-state index contributed by atoms with van der Waals surface area (Å²) in [6.07, 6.45) is 0. The van der Waals surface area contributed by atoms with Gasteiger partial charge in [-0.25, -0.2) is 0 Å². The molecule has 7 heteroatoms. The molecule has 1 aliphatic heterocycles. The van der Waals surface area contributed by atoms with Crippen molar-refractivity contribution in [1.29, 1.82) is 0 Å². The van der Waals surface area contributed by atoms with Crippen LogP contribution in [0.4, 0.5) is 17.1 Å². The van der Waals surface area contributed by atoms with Crippen molar-refractivity contribution < 1.29 is 0 Å². The number of aromatic nitrogens is 4. The Labute approximate surface area is 423 Å². The first-order valence-electron chi connectivity index (χ1n) is 24.8. The first-order valence-corrected chi connectivity index (χ1v) is 25.6. The van der Waals surface area contributed by atoms with Gasteiger partial charge in [0.15, 0.2) is 11.4 Å². The standard InChI is InChI=1S/C66H41N5OS/c72-71(46-22-8-3-9-23-46)59-38-32-44(69-53-28-14-10-24-47(53)49-34-36-57-63(65(49)69)51-26-12-16-30-55(51)67(57)42-18-4-1-5-19-42)40-61(59)73-62-41-45(33-39-60(62)71)70-54-29-15-11-25-48(54)50-35-37-58-64(66(50)70)52-27-13-17-31-56(52)68(58)43-20-6-2-7-21-43/h1-41H. The minimum absolute atomic E-state index is 0.658. The third-order valence-electron chi connectivity index (χ3n) is 15.4. The topological polar surface area (TPSA) is 42.8 Å². The summed E-state index contributed by atoms with van der Waals surface area (Å²) >= 11 is 1.69. The molecule has 0 spiro atoms. The Balaban J connectivity index is 0.947. The molecule has 0 aliphatic carbocycles. The van der Waals surface area contributed by atoms with Crippen molar-refractivity contribution in [3.05, 3.63) is 254 Å². The number of hydrogen-bond donors (Lipinski definition) is 0. The Morgan fingerprint density at radius 3 is 1.10 bits per heavy atom. The van der Waals surface area contributed by atoms with Gasteiger partial charge in [0.25, 0.3) is 0 Å². The van der Waals surface area contributed by atoms with E-state index in [1.165, 1.54) is 43.1 Å². The van der Waals surface area contributed by atoms with E-state index in [4.69, 9.17) is 0 Å². The van der Waals surface area contributed by atoms with Gasteiger partial charge in [0.1, 0.15) is 5.69 Å². The van der Waals surface area contributed by atoms with Crippen LogP contribution in [0.3, 0.4) is 0 Å². The van der Waals surface area contributed by atoms with E-state index >= 15 is 5.21 Å². The van der Waals surface area contributed by atoms with Gasteiger partial charge in [-0.2, -0.15) is 0 Å². The second-order valence-electron chi connectivity index (χ2n) is 19.1. The van der Waals surface area contributed by atoms with Gasteiger partial charge in [-0.05, 0) is 84.9 Å². The molecule has 0 amide bonds. The zero-order chi connectivity index (χ0) is 47.9. The summed E-state index contributed by atoms with van der Waals surface area (Å²) in [4.78, 5) is 1.84. The van der Waals surface area contributed by atoms with Crippen molar-refractivity contribution in [2.45, 2.75) is 9.79 Å². The molecule has 0 saturated carbocycles. The maximum absolute atomic E-state index is 16.4. The van der Waals surface area contributed by atoms with E-state index in [1.807, 2.05) is 30.3 Å². The van der Waals surface area contributed by atoms with Crippen LogP contribution in [0, 0.1) is 5.21 Å². The number of rotatable bonds is 5. The van der Waals surface area contributed by atoms with E-state index in [1.54, 1.807) is 11.8 Å². The summed E-state index contributed by atoms with van der Waals surface area (Å²) in [5.74, 6) is 0. The average molecular weight is 952 g/mol. The van der Waals surface area contributed by atoms with Crippen LogP contribution in [-0.4, -0.2) is 18.3 Å². The van der Waals surface area contributed by atoms with E-state index in [-0.39, 0.29) is 0 Å². The quantitative estimate of drug-likeness (QED) is 0.127. The van der Waals surface area contributed by atoms with Gasteiger partial charge in [0.2, 0.25) is 0 Å². The van der Waals surface area contributed by atoms with Crippen LogP contribution in [0.15, 0.2) is 259 Å². The fraction of sp³-hybridized carbons (Fsp3) is 0. The largest absolute Gasteiger partial charge is 0.616 e. The molecule has 342 valence electrons. The van der Waals surface area contributed by atoms with Crippen LogP contribution >= 0.6 is 11.8 Å². The summed E-state index contributed by atoms with van der Waals surface area (Å²) < 4.78 is 8.91. The summed E-state index contributed by atoms with van der Waals surface area (Å²) in [5.41, 5.74) is 15.4. The lowest BCUT2D eigenvalue weighted by molar-refractivity contribution is 0.661. The molecule has 0 bridgehead atoms. The zero-order valence-electron chi connectivity index (χ0n) is 39.2. The molecule has 15 aromatic rings. The van der Waals surface area contributed by atoms with Gasteiger partial charge < -0.3 is 23.5 Å². The number of benzene rings is 11. The minimum Gasteiger partial charge on any atom is -0.616 e. The van der Waals surface area contributed by atoms with Gasteiger partial charge in [0.05, 0.1) is 53.9 Å². The summed E-state index contributed by atoms with van der Waals surface area (Å²) in [6, 6.07) is 88.2. The Hall–Kier alpha value is -9.11. The molecule has 16 rings (SSSR count). The molecule has 1 aliphatic rings. The third-order valence-corrected chi connectivity index (χ3v) is 16.5. The number of quaternary nitrogens is 1. The van der Waals surface area contributed by atoms with E-state index in [0.29, 0.717) is 17.1 Å². The monoisotopic (exact) mass is 951 g/mol. The summed E-state index contributed by atoms with van der Waals surface area (Å²) in [6.45, 7) is 0. The third kappa shape index (κ3) is 5.55. The number of para-hydroxylation sites is 7. The highest BCUT2D eigenvalue weighted by atomic mass is 32.2. The SMILES string of the molecule is [O-][N+]1(c2ccccc2)c2ccc(-n3c4ccccc4c4ccc5c(c6ccccc6n5-c5ccccc5)c43)cc2Sc2cc(-n3c4ccccc4c4ccc5c(c6ccccc6n5-c5ccccc5)c43)ccc21. The zero-order valence-corrected chi connectivity index (χ0v) is 40.0. The first kappa shape index (κ1) is 40.6. The normalized spacial score (nSPS) is 13.3. The Morgan fingerprint density at radius 2 is 0.658 bits per heavy atom. The molecule has 0 fully saturated rings. The van der Waals surface area contributed by atoms with Crippen molar-refractivity contribution in [3.8, 4) is 22.7 Å². The van der Waals surface area contributed by atoms with Gasteiger partial charge in [-0.15, -0.1) is 0 Å². The Bertz CT molecular complexity index is 4490. The van der Waals surface area contributed by atoms with Crippen molar-refractivity contribution in [2.24, 2.45) is 0 Å². The van der Waals surface area contributed by atoms with E-state index in [9.17, 15) is 0 Å². The van der Waals surface area contributed by atoms with Gasteiger partial charge >= 0.3 is 0 Å². The summed E-state index contributed by atoms with van der Waals surface area (Å²) in [7, 11) is 0. The minimum atomic E-state index is -0.719. The summed E-state index contributed by atoms with van der Waals surface area (Å²) in [5, 5.41) is 25.9. The lowest BCUT2D eigenvalue weighted by Gasteiger charge is -2.45. The molecule has 0 unspecified atom stereocenters. The number of fused-ring (bicyclic) bond motifs is 16. The van der Waals surface area contributed by atoms with Crippen LogP contribution in [0.2, 0.25) is 0 Å². The van der Waals surface area contributed by atoms with E-state index in [2.05, 4.69) is 237 Å². The molecule has 5 heterocycles. The molecule has 6 nitrogen and oxygen atoms in total. The highest BCUT2D eigenvalue weighted by molar-refractivity contribution is 7.99. The maximum atomic E-state index is 16.4. The van der Waals surface area contributed by atoms with Crippen molar-refractivity contribution >= 4 is 116 Å². The highest BCUT2D eigenvalue weighted by Gasteiger charge is 2.38. The first-order chi connectivity index (χ1) is 36.1. The fourth-order valence-corrected chi connectivity index (χ4v) is 13.6. The van der Waals surface area contributed by atoms with E-state index < -0.39 is 4.65 Å². The molecule has 4 aromatic heterocycles. The molecule has 11 aromatic carbocycles. The molecule has 0 saturated heterocycles. The molecular formula is C66H41N5OS. The lowest BCUT2D eigenvalue weighted by Crippen LogP contribution is -2.34. The van der Waals surface area contributed by atoms with Crippen LogP contribution in [-0.2, 0) is 0 Å². The van der Waals surface area contributed by atoms with Crippen molar-refractivity contribution in [2.75, 3.05) is 0 Å². The second-order valence-corrected chi connectivity index (χ2v) is 20.2. The van der Waals surface area contributed by atoms with Gasteiger partial charge in [-0.1, -0.05) is 151 Å². The predicted octanol–water partition coefficient (Wildman–Crippen LogP) is 18.0. The number of hydrogen-bond acceptors (Lipinski definition) is 2. The van der Waals surface area contributed by atoms with Gasteiger partial charge in [0, 0.05) is 90.1 Å². The predicted molar refractivity (Wildman–Crippen MR) is 305 cm³/mol. The van der Waals surface area contributed by atoms with Crippen LogP contribution in [0.25, 0.3) is 110 Å². The lowest BCUT2D eigenvalue weighted by atomic mass is 10.1. The molecule has 0 N–H and O–H groups in total. The van der Waals surface area contributed by atoms with E-state index in [0.717, 1.165) is 76.7 Å². The van der Waals surface area contributed by atoms with Crippen molar-refractivity contribution in [3.63, 3.8) is 0 Å². The Kier molecular flexibility index (Phi) is 8.45.